The predicted molar refractivity (Wildman–Crippen MR) is 53.5 cm³/mol. The highest BCUT2D eigenvalue weighted by atomic mass is 19.1. The summed E-state index contributed by atoms with van der Waals surface area (Å²) in [4.78, 5) is 12.2. The fraction of sp³-hybridized carbons (Fsp3) is 0.900. The smallest absolute Gasteiger partial charge is 0.408 e. The number of carboxylic acid groups (broad SMARTS) is 1. The number of halogens is 1. The summed E-state index contributed by atoms with van der Waals surface area (Å²) in [5.41, 5.74) is -0.648. The number of amides is 1. The Hall–Kier alpha value is -0.840. The molecule has 1 aliphatic rings. The maximum absolute atomic E-state index is 13.5. The second kappa shape index (κ2) is 3.96. The molecule has 0 radical (unpaired) electrons. The minimum Gasteiger partial charge on any atom is -0.465 e. The van der Waals surface area contributed by atoms with Gasteiger partial charge >= 0.3 is 6.09 Å². The molecular formula is C10H18FNO3. The fourth-order valence-corrected chi connectivity index (χ4v) is 2.13. The van der Waals surface area contributed by atoms with Gasteiger partial charge in [-0.3, -0.25) is 4.90 Å². The van der Waals surface area contributed by atoms with Crippen LogP contribution in [0.2, 0.25) is 0 Å². The van der Waals surface area contributed by atoms with E-state index in [1.54, 1.807) is 20.8 Å². The van der Waals surface area contributed by atoms with Crippen molar-refractivity contribution in [3.63, 3.8) is 0 Å². The SMILES string of the molecule is CC(C)(C)N(C(=O)O)[C@@H]1C[C@H](O)C[C@H]1F. The Morgan fingerprint density at radius 3 is 2.20 bits per heavy atom. The van der Waals surface area contributed by atoms with E-state index in [9.17, 15) is 14.3 Å². The summed E-state index contributed by atoms with van der Waals surface area (Å²) in [6.07, 6.45) is -2.91. The zero-order chi connectivity index (χ0) is 11.8. The molecule has 4 nitrogen and oxygen atoms in total. The van der Waals surface area contributed by atoms with Crippen LogP contribution in [-0.4, -0.2) is 45.1 Å². The lowest BCUT2D eigenvalue weighted by atomic mass is 10.0. The molecule has 1 amide bonds. The molecule has 0 aromatic rings. The third kappa shape index (κ3) is 2.59. The van der Waals surface area contributed by atoms with Crippen LogP contribution < -0.4 is 0 Å². The van der Waals surface area contributed by atoms with E-state index in [2.05, 4.69) is 0 Å². The average Bonchev–Trinajstić information content (AvgIpc) is 2.26. The minimum absolute atomic E-state index is 0.0323. The van der Waals surface area contributed by atoms with Gasteiger partial charge in [-0.15, -0.1) is 0 Å². The van der Waals surface area contributed by atoms with Crippen LogP contribution in [0.25, 0.3) is 0 Å². The van der Waals surface area contributed by atoms with Gasteiger partial charge in [-0.25, -0.2) is 9.18 Å². The first-order chi connectivity index (χ1) is 6.73. The van der Waals surface area contributed by atoms with Gasteiger partial charge in [-0.05, 0) is 27.2 Å². The van der Waals surface area contributed by atoms with Gasteiger partial charge in [0.25, 0.3) is 0 Å². The first kappa shape index (κ1) is 12.2. The molecule has 3 atom stereocenters. The van der Waals surface area contributed by atoms with Gasteiger partial charge in [-0.1, -0.05) is 0 Å². The van der Waals surface area contributed by atoms with Crippen molar-refractivity contribution in [3.8, 4) is 0 Å². The molecule has 0 heterocycles. The van der Waals surface area contributed by atoms with Gasteiger partial charge < -0.3 is 10.2 Å². The zero-order valence-electron chi connectivity index (χ0n) is 9.27. The van der Waals surface area contributed by atoms with Crippen molar-refractivity contribution < 1.29 is 19.4 Å². The van der Waals surface area contributed by atoms with Crippen LogP contribution in [0, 0.1) is 0 Å². The second-order valence-corrected chi connectivity index (χ2v) is 5.03. The molecule has 0 spiro atoms. The molecule has 0 saturated heterocycles. The van der Waals surface area contributed by atoms with E-state index in [0.717, 1.165) is 4.90 Å². The molecule has 1 fully saturated rings. The molecule has 1 rings (SSSR count). The maximum atomic E-state index is 13.5. The standard InChI is InChI=1S/C10H18FNO3/c1-10(2,3)12(9(14)15)8-5-6(13)4-7(8)11/h6-8,13H,4-5H2,1-3H3,(H,14,15)/t6-,7-,8-/m1/s1. The molecule has 0 aliphatic heterocycles. The van der Waals surface area contributed by atoms with Crippen LogP contribution in [0.5, 0.6) is 0 Å². The molecule has 2 N–H and O–H groups in total. The Morgan fingerprint density at radius 1 is 1.40 bits per heavy atom. The summed E-state index contributed by atoms with van der Waals surface area (Å²) in [6, 6.07) is -0.725. The molecule has 1 saturated carbocycles. The normalized spacial score (nSPS) is 31.7. The lowest BCUT2D eigenvalue weighted by Crippen LogP contribution is -2.53. The Balaban J connectivity index is 2.86. The second-order valence-electron chi connectivity index (χ2n) is 5.03. The molecular weight excluding hydrogens is 201 g/mol. The van der Waals surface area contributed by atoms with E-state index in [-0.39, 0.29) is 12.8 Å². The minimum atomic E-state index is -1.27. The highest BCUT2D eigenvalue weighted by molar-refractivity contribution is 5.66. The zero-order valence-corrected chi connectivity index (χ0v) is 9.27. The van der Waals surface area contributed by atoms with Crippen molar-refractivity contribution in [3.05, 3.63) is 0 Å². The number of hydrogen-bond donors (Lipinski definition) is 2. The summed E-state index contributed by atoms with van der Waals surface area (Å²) < 4.78 is 13.5. The Kier molecular flexibility index (Phi) is 3.23. The molecule has 0 aromatic carbocycles. The number of carbonyl (C=O) groups is 1. The van der Waals surface area contributed by atoms with E-state index in [1.807, 2.05) is 0 Å². The highest BCUT2D eigenvalue weighted by Gasteiger charge is 2.43. The van der Waals surface area contributed by atoms with E-state index in [4.69, 9.17) is 5.11 Å². The Labute approximate surface area is 88.7 Å². The van der Waals surface area contributed by atoms with Crippen molar-refractivity contribution in [1.82, 2.24) is 4.90 Å². The van der Waals surface area contributed by atoms with Crippen molar-refractivity contribution >= 4 is 6.09 Å². The molecule has 0 bridgehead atoms. The average molecular weight is 219 g/mol. The number of alkyl halides is 1. The van der Waals surface area contributed by atoms with Gasteiger partial charge in [0.05, 0.1) is 12.1 Å². The Bertz CT molecular complexity index is 252. The van der Waals surface area contributed by atoms with Crippen LogP contribution in [0.4, 0.5) is 9.18 Å². The lowest BCUT2D eigenvalue weighted by molar-refractivity contribution is 0.0466. The molecule has 0 aromatic heterocycles. The van der Waals surface area contributed by atoms with Crippen molar-refractivity contribution in [2.75, 3.05) is 0 Å². The van der Waals surface area contributed by atoms with Crippen LogP contribution in [0.1, 0.15) is 33.6 Å². The lowest BCUT2D eigenvalue weighted by Gasteiger charge is -2.38. The van der Waals surface area contributed by atoms with Crippen LogP contribution in [-0.2, 0) is 0 Å². The van der Waals surface area contributed by atoms with E-state index >= 15 is 0 Å². The number of rotatable bonds is 1. The van der Waals surface area contributed by atoms with Gasteiger partial charge in [-0.2, -0.15) is 0 Å². The van der Waals surface area contributed by atoms with Crippen molar-refractivity contribution in [1.29, 1.82) is 0 Å². The van der Waals surface area contributed by atoms with E-state index in [0.29, 0.717) is 0 Å². The quantitative estimate of drug-likeness (QED) is 0.704. The Morgan fingerprint density at radius 2 is 1.93 bits per heavy atom. The summed E-state index contributed by atoms with van der Waals surface area (Å²) in [7, 11) is 0. The highest BCUT2D eigenvalue weighted by Crippen LogP contribution is 2.31. The van der Waals surface area contributed by atoms with Gasteiger partial charge in [0.1, 0.15) is 6.17 Å². The van der Waals surface area contributed by atoms with Crippen LogP contribution in [0.3, 0.4) is 0 Å². The van der Waals surface area contributed by atoms with Crippen molar-refractivity contribution in [2.45, 2.75) is 57.5 Å². The third-order valence-electron chi connectivity index (χ3n) is 2.69. The summed E-state index contributed by atoms with van der Waals surface area (Å²) in [5, 5.41) is 18.4. The summed E-state index contributed by atoms with van der Waals surface area (Å²) >= 11 is 0. The number of aliphatic hydroxyl groups is 1. The number of nitrogens with zero attached hydrogens (tertiary/aromatic N) is 1. The van der Waals surface area contributed by atoms with Gasteiger partial charge in [0.15, 0.2) is 0 Å². The molecule has 15 heavy (non-hydrogen) atoms. The van der Waals surface area contributed by atoms with E-state index < -0.39 is 29.9 Å². The molecule has 1 aliphatic carbocycles. The van der Waals surface area contributed by atoms with Crippen LogP contribution >= 0.6 is 0 Å². The topological polar surface area (TPSA) is 60.8 Å². The molecule has 0 unspecified atom stereocenters. The maximum Gasteiger partial charge on any atom is 0.408 e. The van der Waals surface area contributed by atoms with Gasteiger partial charge in [0, 0.05) is 12.0 Å². The summed E-state index contributed by atoms with van der Waals surface area (Å²) in [6.45, 7) is 5.16. The third-order valence-corrected chi connectivity index (χ3v) is 2.69. The van der Waals surface area contributed by atoms with Gasteiger partial charge in [0.2, 0.25) is 0 Å². The molecule has 5 heteroatoms. The molecule has 88 valence electrons. The fourth-order valence-electron chi connectivity index (χ4n) is 2.13. The first-order valence-corrected chi connectivity index (χ1v) is 5.08. The predicted octanol–water partition coefficient (Wildman–Crippen LogP) is 1.63. The largest absolute Gasteiger partial charge is 0.465 e. The number of hydrogen-bond acceptors (Lipinski definition) is 2. The number of aliphatic hydroxyl groups excluding tert-OH is 1. The monoisotopic (exact) mass is 219 g/mol. The van der Waals surface area contributed by atoms with Crippen LogP contribution in [0.15, 0.2) is 0 Å². The van der Waals surface area contributed by atoms with Crippen molar-refractivity contribution in [2.24, 2.45) is 0 Å². The summed E-state index contributed by atoms with van der Waals surface area (Å²) in [5.74, 6) is 0. The first-order valence-electron chi connectivity index (χ1n) is 5.08. The van der Waals surface area contributed by atoms with E-state index in [1.165, 1.54) is 0 Å².